The van der Waals surface area contributed by atoms with Gasteiger partial charge >= 0.3 is 0 Å². The predicted octanol–water partition coefficient (Wildman–Crippen LogP) is 0.325. The normalized spacial score (nSPS) is 26.0. The molecule has 0 saturated carbocycles. The Kier molecular flexibility index (Phi) is 2.09. The highest BCUT2D eigenvalue weighted by molar-refractivity contribution is 4.93. The molecule has 0 amide bonds. The van der Waals surface area contributed by atoms with Gasteiger partial charge in [0.1, 0.15) is 0 Å². The third kappa shape index (κ3) is 1.66. The molecule has 1 aliphatic rings. The van der Waals surface area contributed by atoms with Crippen molar-refractivity contribution >= 4 is 0 Å². The summed E-state index contributed by atoms with van der Waals surface area (Å²) in [5, 5.41) is 12.8. The molecule has 1 rings (SSSR count). The Hall–Kier alpha value is -0.0800. The fraction of sp³-hybridized carbons (Fsp3) is 0.857. The van der Waals surface area contributed by atoms with E-state index in [1.54, 1.807) is 0 Å². The summed E-state index contributed by atoms with van der Waals surface area (Å²) >= 11 is 0. The Labute approximate surface area is 56.3 Å². The molecule has 1 saturated heterocycles. The van der Waals surface area contributed by atoms with Crippen LogP contribution in [-0.2, 0) is 0 Å². The zero-order valence-electron chi connectivity index (χ0n) is 5.85. The molecule has 0 atom stereocenters. The van der Waals surface area contributed by atoms with E-state index in [1.807, 2.05) is 13.3 Å². The smallest absolute Gasteiger partial charge is 0.0701 e. The van der Waals surface area contributed by atoms with Gasteiger partial charge in [0, 0.05) is 0 Å². The van der Waals surface area contributed by atoms with Crippen molar-refractivity contribution in [3.05, 3.63) is 6.42 Å². The fourth-order valence-electron chi connectivity index (χ4n) is 1.15. The van der Waals surface area contributed by atoms with Crippen LogP contribution in [0.1, 0.15) is 19.8 Å². The van der Waals surface area contributed by atoms with Crippen LogP contribution in [0, 0.1) is 6.42 Å². The topological polar surface area (TPSA) is 32.3 Å². The minimum Gasteiger partial charge on any atom is -0.390 e. The van der Waals surface area contributed by atoms with Crippen LogP contribution >= 0.6 is 0 Å². The highest BCUT2D eigenvalue weighted by Gasteiger charge is 2.26. The first-order valence-corrected chi connectivity index (χ1v) is 3.50. The fourth-order valence-corrected chi connectivity index (χ4v) is 1.15. The molecule has 0 unspecified atom stereocenters. The van der Waals surface area contributed by atoms with Gasteiger partial charge in [0.25, 0.3) is 0 Å². The van der Waals surface area contributed by atoms with Crippen molar-refractivity contribution in [2.45, 2.75) is 25.4 Å². The molecular formula is C7H14NO. The largest absolute Gasteiger partial charge is 0.390 e. The minimum absolute atomic E-state index is 0.467. The maximum atomic E-state index is 9.58. The van der Waals surface area contributed by atoms with E-state index < -0.39 is 5.60 Å². The second-order valence-electron chi connectivity index (χ2n) is 2.64. The molecule has 2 nitrogen and oxygen atoms in total. The van der Waals surface area contributed by atoms with Crippen LogP contribution in [0.3, 0.4) is 0 Å². The molecule has 53 valence electrons. The van der Waals surface area contributed by atoms with Gasteiger partial charge < -0.3 is 10.4 Å². The van der Waals surface area contributed by atoms with E-state index in [2.05, 4.69) is 5.32 Å². The molecule has 1 radical (unpaired) electrons. The van der Waals surface area contributed by atoms with Gasteiger partial charge in [-0.25, -0.2) is 0 Å². The Morgan fingerprint density at radius 1 is 1.44 bits per heavy atom. The average molecular weight is 128 g/mol. The van der Waals surface area contributed by atoms with Crippen molar-refractivity contribution in [3.63, 3.8) is 0 Å². The summed E-state index contributed by atoms with van der Waals surface area (Å²) in [4.78, 5) is 0. The lowest BCUT2D eigenvalue weighted by molar-refractivity contribution is 0.0426. The van der Waals surface area contributed by atoms with Crippen LogP contribution in [0.25, 0.3) is 0 Å². The quantitative estimate of drug-likeness (QED) is 0.533. The van der Waals surface area contributed by atoms with Gasteiger partial charge in [-0.3, -0.25) is 0 Å². The van der Waals surface area contributed by atoms with Crippen molar-refractivity contribution in [1.82, 2.24) is 5.32 Å². The zero-order valence-corrected chi connectivity index (χ0v) is 5.85. The molecular weight excluding hydrogens is 114 g/mol. The molecule has 0 aromatic rings. The first-order valence-electron chi connectivity index (χ1n) is 3.50. The number of aliphatic hydroxyl groups is 1. The van der Waals surface area contributed by atoms with Gasteiger partial charge in [-0.2, -0.15) is 0 Å². The summed E-state index contributed by atoms with van der Waals surface area (Å²) in [6.07, 6.45) is 3.63. The van der Waals surface area contributed by atoms with Crippen LogP contribution < -0.4 is 5.32 Å². The summed E-state index contributed by atoms with van der Waals surface area (Å²) < 4.78 is 0. The molecule has 2 N–H and O–H groups in total. The first kappa shape index (κ1) is 7.03. The third-order valence-corrected chi connectivity index (χ3v) is 2.01. The van der Waals surface area contributed by atoms with E-state index in [0.717, 1.165) is 25.9 Å². The van der Waals surface area contributed by atoms with Gasteiger partial charge in [0.2, 0.25) is 0 Å². The lowest BCUT2D eigenvalue weighted by Gasteiger charge is -2.30. The summed E-state index contributed by atoms with van der Waals surface area (Å²) in [5.41, 5.74) is -0.467. The maximum absolute atomic E-state index is 9.58. The maximum Gasteiger partial charge on any atom is 0.0701 e. The second-order valence-corrected chi connectivity index (χ2v) is 2.64. The number of piperidine rings is 1. The van der Waals surface area contributed by atoms with E-state index >= 15 is 0 Å². The Morgan fingerprint density at radius 2 is 2.00 bits per heavy atom. The van der Waals surface area contributed by atoms with E-state index in [1.165, 1.54) is 0 Å². The molecule has 2 heteroatoms. The average Bonchev–Trinajstić information content (AvgIpc) is 1.90. The summed E-state index contributed by atoms with van der Waals surface area (Å²) in [6, 6.07) is 0. The summed E-state index contributed by atoms with van der Waals surface area (Å²) in [6.45, 7) is 3.81. The van der Waals surface area contributed by atoms with Crippen LogP contribution in [0.4, 0.5) is 0 Å². The Balaban J connectivity index is 2.37. The summed E-state index contributed by atoms with van der Waals surface area (Å²) in [5.74, 6) is 0. The minimum atomic E-state index is -0.467. The summed E-state index contributed by atoms with van der Waals surface area (Å²) in [7, 11) is 0. The molecule has 1 heterocycles. The van der Waals surface area contributed by atoms with Crippen LogP contribution in [0.15, 0.2) is 0 Å². The molecule has 1 fully saturated rings. The Morgan fingerprint density at radius 3 is 2.33 bits per heavy atom. The van der Waals surface area contributed by atoms with Gasteiger partial charge in [0.05, 0.1) is 5.60 Å². The first-order chi connectivity index (χ1) is 4.27. The van der Waals surface area contributed by atoms with Crippen molar-refractivity contribution < 1.29 is 5.11 Å². The molecule has 0 aliphatic carbocycles. The van der Waals surface area contributed by atoms with Crippen molar-refractivity contribution in [2.75, 3.05) is 13.1 Å². The molecule has 9 heavy (non-hydrogen) atoms. The van der Waals surface area contributed by atoms with E-state index in [0.29, 0.717) is 0 Å². The van der Waals surface area contributed by atoms with Crippen molar-refractivity contribution in [3.8, 4) is 0 Å². The second kappa shape index (κ2) is 2.67. The molecule has 0 bridgehead atoms. The highest BCUT2D eigenvalue weighted by atomic mass is 16.3. The van der Waals surface area contributed by atoms with Crippen LogP contribution in [-0.4, -0.2) is 23.8 Å². The number of hydrogen-bond acceptors (Lipinski definition) is 2. The van der Waals surface area contributed by atoms with Crippen LogP contribution in [0.5, 0.6) is 0 Å². The van der Waals surface area contributed by atoms with Crippen LogP contribution in [0.2, 0.25) is 0 Å². The molecule has 0 spiro atoms. The Bertz CT molecular complexity index is 86.9. The number of nitrogens with one attached hydrogen (secondary N) is 1. The lowest BCUT2D eigenvalue weighted by atomic mass is 9.90. The monoisotopic (exact) mass is 128 g/mol. The van der Waals surface area contributed by atoms with Gasteiger partial charge in [0.15, 0.2) is 0 Å². The predicted molar refractivity (Wildman–Crippen MR) is 37.0 cm³/mol. The highest BCUT2D eigenvalue weighted by Crippen LogP contribution is 2.19. The lowest BCUT2D eigenvalue weighted by Crippen LogP contribution is -2.41. The number of rotatable bonds is 1. The van der Waals surface area contributed by atoms with Gasteiger partial charge in [-0.05, 0) is 32.4 Å². The molecule has 1 aliphatic heterocycles. The van der Waals surface area contributed by atoms with E-state index in [4.69, 9.17) is 0 Å². The van der Waals surface area contributed by atoms with Crippen molar-refractivity contribution in [2.24, 2.45) is 0 Å². The van der Waals surface area contributed by atoms with Gasteiger partial charge in [-0.1, -0.05) is 6.92 Å². The molecule has 0 aromatic carbocycles. The van der Waals surface area contributed by atoms with E-state index in [9.17, 15) is 5.11 Å². The number of hydrogen-bond donors (Lipinski definition) is 2. The van der Waals surface area contributed by atoms with Gasteiger partial charge in [-0.15, -0.1) is 0 Å². The zero-order chi connectivity index (χ0) is 6.74. The third-order valence-electron chi connectivity index (χ3n) is 2.01. The SMILES string of the molecule is C[CH]C1(O)CCNCC1. The standard InChI is InChI=1S/C7H14NO/c1-2-7(9)3-5-8-6-4-7/h2,8-9H,3-6H2,1H3. The van der Waals surface area contributed by atoms with Crippen molar-refractivity contribution in [1.29, 1.82) is 0 Å². The van der Waals surface area contributed by atoms with E-state index in [-0.39, 0.29) is 0 Å². The molecule has 0 aromatic heterocycles.